The second-order valence-electron chi connectivity index (χ2n) is 7.92. The van der Waals surface area contributed by atoms with Crippen molar-refractivity contribution < 1.29 is 9.53 Å². The fraction of sp³-hybridized carbons (Fsp3) is 0.375. The number of aromatic nitrogens is 3. The highest BCUT2D eigenvalue weighted by atomic mass is 16.5. The first-order valence-electron chi connectivity index (χ1n) is 10.8. The lowest BCUT2D eigenvalue weighted by molar-refractivity contribution is 0.0622. The van der Waals surface area contributed by atoms with Gasteiger partial charge in [0.05, 0.1) is 18.0 Å². The van der Waals surface area contributed by atoms with Gasteiger partial charge in [0.1, 0.15) is 5.75 Å². The van der Waals surface area contributed by atoms with E-state index in [1.165, 1.54) is 5.56 Å². The number of ether oxygens (including phenoxy) is 1. The van der Waals surface area contributed by atoms with Crippen LogP contribution in [0.1, 0.15) is 34.2 Å². The van der Waals surface area contributed by atoms with E-state index in [4.69, 9.17) is 4.74 Å². The van der Waals surface area contributed by atoms with Gasteiger partial charge in [-0.1, -0.05) is 29.5 Å². The zero-order valence-electron chi connectivity index (χ0n) is 18.4. The summed E-state index contributed by atoms with van der Waals surface area (Å²) in [4.78, 5) is 17.3. The van der Waals surface area contributed by atoms with Crippen LogP contribution in [0.4, 0.5) is 0 Å². The van der Waals surface area contributed by atoms with Crippen molar-refractivity contribution in [3.05, 3.63) is 71.0 Å². The Balaban J connectivity index is 1.36. The van der Waals surface area contributed by atoms with Crippen molar-refractivity contribution in [2.45, 2.75) is 27.3 Å². The number of rotatable bonds is 6. The van der Waals surface area contributed by atoms with E-state index in [-0.39, 0.29) is 5.91 Å². The predicted molar refractivity (Wildman–Crippen MR) is 120 cm³/mol. The van der Waals surface area contributed by atoms with Crippen molar-refractivity contribution in [2.75, 3.05) is 32.8 Å². The summed E-state index contributed by atoms with van der Waals surface area (Å²) in [7, 11) is 0. The van der Waals surface area contributed by atoms with Crippen LogP contribution < -0.4 is 4.74 Å². The van der Waals surface area contributed by atoms with Crippen molar-refractivity contribution in [3.8, 4) is 11.4 Å². The second kappa shape index (κ2) is 9.31. The Hall–Kier alpha value is -3.19. The van der Waals surface area contributed by atoms with Crippen LogP contribution in [0.5, 0.6) is 5.75 Å². The third kappa shape index (κ3) is 4.77. The number of amides is 1. The maximum atomic E-state index is 13.1. The molecule has 1 aliphatic heterocycles. The Morgan fingerprint density at radius 2 is 1.77 bits per heavy atom. The van der Waals surface area contributed by atoms with E-state index < -0.39 is 0 Å². The Bertz CT molecular complexity index is 1040. The molecular formula is C24H29N5O2. The van der Waals surface area contributed by atoms with Crippen LogP contribution in [-0.4, -0.2) is 63.5 Å². The van der Waals surface area contributed by atoms with Gasteiger partial charge in [-0.05, 0) is 56.2 Å². The molecule has 1 aliphatic rings. The molecule has 4 rings (SSSR count). The molecule has 0 unspecified atom stereocenters. The van der Waals surface area contributed by atoms with Gasteiger partial charge in [-0.2, -0.15) is 0 Å². The van der Waals surface area contributed by atoms with E-state index in [1.54, 1.807) is 4.68 Å². The highest BCUT2D eigenvalue weighted by molar-refractivity contribution is 5.93. The van der Waals surface area contributed by atoms with E-state index >= 15 is 0 Å². The average Bonchev–Trinajstić information content (AvgIpc) is 3.17. The lowest BCUT2D eigenvalue weighted by Crippen LogP contribution is -2.48. The zero-order valence-corrected chi connectivity index (χ0v) is 18.4. The van der Waals surface area contributed by atoms with E-state index in [2.05, 4.69) is 27.3 Å². The molecule has 7 heteroatoms. The Labute approximate surface area is 183 Å². The molecule has 0 N–H and O–H groups in total. The Morgan fingerprint density at radius 1 is 1.03 bits per heavy atom. The van der Waals surface area contributed by atoms with E-state index in [1.807, 2.05) is 62.1 Å². The summed E-state index contributed by atoms with van der Waals surface area (Å²) < 4.78 is 7.25. The summed E-state index contributed by atoms with van der Waals surface area (Å²) in [6, 6.07) is 16.3. The van der Waals surface area contributed by atoms with Crippen molar-refractivity contribution in [1.82, 2.24) is 24.8 Å². The molecule has 0 saturated carbocycles. The predicted octanol–water partition coefficient (Wildman–Crippen LogP) is 3.24. The van der Waals surface area contributed by atoms with E-state index in [0.29, 0.717) is 25.4 Å². The summed E-state index contributed by atoms with van der Waals surface area (Å²) in [5.74, 6) is 0.855. The topological polar surface area (TPSA) is 63.5 Å². The highest BCUT2D eigenvalue weighted by Gasteiger charge is 2.26. The minimum atomic E-state index is -0.0443. The maximum Gasteiger partial charge on any atom is 0.276 e. The highest BCUT2D eigenvalue weighted by Crippen LogP contribution is 2.18. The minimum Gasteiger partial charge on any atom is -0.494 e. The monoisotopic (exact) mass is 419 g/mol. The third-order valence-electron chi connectivity index (χ3n) is 5.64. The first-order chi connectivity index (χ1) is 15.0. The molecule has 0 bridgehead atoms. The van der Waals surface area contributed by atoms with Gasteiger partial charge in [0, 0.05) is 32.7 Å². The molecular weight excluding hydrogens is 390 g/mol. The number of hydrogen-bond acceptors (Lipinski definition) is 5. The number of carbonyl (C=O) groups excluding carboxylic acids is 1. The maximum absolute atomic E-state index is 13.1. The summed E-state index contributed by atoms with van der Waals surface area (Å²) in [5.41, 5.74) is 4.52. The van der Waals surface area contributed by atoms with Crippen molar-refractivity contribution in [2.24, 2.45) is 0 Å². The normalized spacial score (nSPS) is 14.6. The van der Waals surface area contributed by atoms with E-state index in [9.17, 15) is 4.79 Å². The molecule has 162 valence electrons. The van der Waals surface area contributed by atoms with Crippen LogP contribution in [0, 0.1) is 13.8 Å². The molecule has 0 radical (unpaired) electrons. The number of carbonyl (C=O) groups is 1. The largest absolute Gasteiger partial charge is 0.494 e. The molecule has 0 atom stereocenters. The molecule has 1 fully saturated rings. The molecule has 2 heterocycles. The standard InChI is InChI=1S/C24H29N5O2/c1-4-31-22-10-8-20(9-11-22)17-27-12-14-28(15-13-27)24(30)23-19(3)29(26-25-23)21-7-5-6-18(2)16-21/h5-11,16H,4,12-15,17H2,1-3H3. The van der Waals surface area contributed by atoms with Gasteiger partial charge in [0.2, 0.25) is 0 Å². The van der Waals surface area contributed by atoms with Crippen LogP contribution >= 0.6 is 0 Å². The van der Waals surface area contributed by atoms with Gasteiger partial charge < -0.3 is 9.64 Å². The van der Waals surface area contributed by atoms with Crippen LogP contribution in [-0.2, 0) is 6.54 Å². The smallest absolute Gasteiger partial charge is 0.276 e. The van der Waals surface area contributed by atoms with Gasteiger partial charge in [0.25, 0.3) is 5.91 Å². The second-order valence-corrected chi connectivity index (χ2v) is 7.92. The quantitative estimate of drug-likeness (QED) is 0.614. The number of aryl methyl sites for hydroxylation is 1. The van der Waals surface area contributed by atoms with Crippen LogP contribution in [0.25, 0.3) is 5.69 Å². The van der Waals surface area contributed by atoms with Crippen molar-refractivity contribution in [1.29, 1.82) is 0 Å². The van der Waals surface area contributed by atoms with Gasteiger partial charge in [0.15, 0.2) is 5.69 Å². The van der Waals surface area contributed by atoms with Crippen molar-refractivity contribution in [3.63, 3.8) is 0 Å². The lowest BCUT2D eigenvalue weighted by Gasteiger charge is -2.34. The van der Waals surface area contributed by atoms with Gasteiger partial charge in [-0.15, -0.1) is 5.10 Å². The molecule has 31 heavy (non-hydrogen) atoms. The molecule has 0 aliphatic carbocycles. The average molecular weight is 420 g/mol. The SMILES string of the molecule is CCOc1ccc(CN2CCN(C(=O)c3nnn(-c4cccc(C)c4)c3C)CC2)cc1. The molecule has 1 saturated heterocycles. The van der Waals surface area contributed by atoms with Gasteiger partial charge in [-0.25, -0.2) is 4.68 Å². The molecule has 1 amide bonds. The Kier molecular flexibility index (Phi) is 6.32. The fourth-order valence-electron chi connectivity index (χ4n) is 3.91. The molecule has 2 aromatic carbocycles. The first-order valence-corrected chi connectivity index (χ1v) is 10.8. The third-order valence-corrected chi connectivity index (χ3v) is 5.64. The molecule has 0 spiro atoms. The lowest BCUT2D eigenvalue weighted by atomic mass is 10.2. The number of hydrogen-bond donors (Lipinski definition) is 0. The van der Waals surface area contributed by atoms with Crippen molar-refractivity contribution >= 4 is 5.91 Å². The Morgan fingerprint density at radius 3 is 2.45 bits per heavy atom. The number of piperazine rings is 1. The molecule has 3 aromatic rings. The summed E-state index contributed by atoms with van der Waals surface area (Å²) in [6.07, 6.45) is 0. The van der Waals surface area contributed by atoms with Crippen LogP contribution in [0.15, 0.2) is 48.5 Å². The van der Waals surface area contributed by atoms with Gasteiger partial charge >= 0.3 is 0 Å². The first kappa shape index (κ1) is 21.1. The summed E-state index contributed by atoms with van der Waals surface area (Å²) in [5, 5.41) is 8.44. The van der Waals surface area contributed by atoms with Crippen LogP contribution in [0.2, 0.25) is 0 Å². The van der Waals surface area contributed by atoms with E-state index in [0.717, 1.165) is 42.3 Å². The minimum absolute atomic E-state index is 0.0443. The summed E-state index contributed by atoms with van der Waals surface area (Å²) >= 11 is 0. The molecule has 7 nitrogen and oxygen atoms in total. The number of nitrogens with zero attached hydrogens (tertiary/aromatic N) is 5. The van der Waals surface area contributed by atoms with Gasteiger partial charge in [-0.3, -0.25) is 9.69 Å². The number of benzene rings is 2. The fourth-order valence-corrected chi connectivity index (χ4v) is 3.91. The molecule has 1 aromatic heterocycles. The summed E-state index contributed by atoms with van der Waals surface area (Å²) in [6.45, 7) is 10.5. The van der Waals surface area contributed by atoms with Crippen LogP contribution in [0.3, 0.4) is 0 Å². The zero-order chi connectivity index (χ0) is 21.8.